The second-order valence-electron chi connectivity index (χ2n) is 6.27. The number of nitrogens with one attached hydrogen (secondary N) is 2. The van der Waals surface area contributed by atoms with Crippen LogP contribution in [0.5, 0.6) is 0 Å². The van der Waals surface area contributed by atoms with E-state index in [0.29, 0.717) is 23.9 Å². The molecule has 1 aromatic rings. The van der Waals surface area contributed by atoms with Gasteiger partial charge in [-0.25, -0.2) is 4.99 Å². The molecule has 0 aliphatic heterocycles. The van der Waals surface area contributed by atoms with Crippen LogP contribution < -0.4 is 10.6 Å². The lowest BCUT2D eigenvalue weighted by molar-refractivity contribution is 0.589. The van der Waals surface area contributed by atoms with Crippen LogP contribution >= 0.6 is 35.3 Å². The highest BCUT2D eigenvalue weighted by Crippen LogP contribution is 2.44. The van der Waals surface area contributed by atoms with E-state index in [9.17, 15) is 0 Å². The predicted octanol–water partition coefficient (Wildman–Crippen LogP) is 3.13. The minimum atomic E-state index is 0. The summed E-state index contributed by atoms with van der Waals surface area (Å²) in [6.45, 7) is 12.3. The van der Waals surface area contributed by atoms with E-state index >= 15 is 0 Å². The maximum atomic E-state index is 4.60. The zero-order valence-corrected chi connectivity index (χ0v) is 16.6. The third-order valence-corrected chi connectivity index (χ3v) is 4.73. The zero-order valence-electron chi connectivity index (χ0n) is 13.4. The van der Waals surface area contributed by atoms with Crippen molar-refractivity contribution in [3.8, 4) is 0 Å². The van der Waals surface area contributed by atoms with Crippen molar-refractivity contribution in [3.63, 3.8) is 0 Å². The Kier molecular flexibility index (Phi) is 6.83. The second kappa shape index (κ2) is 7.71. The fourth-order valence-electron chi connectivity index (χ4n) is 1.91. The van der Waals surface area contributed by atoms with Crippen LogP contribution in [0.3, 0.4) is 0 Å². The maximum absolute atomic E-state index is 4.60. The average Bonchev–Trinajstić information content (AvgIpc) is 2.79. The van der Waals surface area contributed by atoms with E-state index in [-0.39, 0.29) is 24.0 Å². The molecule has 0 radical (unpaired) electrons. The largest absolute Gasteiger partial charge is 0.357 e. The van der Waals surface area contributed by atoms with E-state index in [1.807, 2.05) is 0 Å². The molecule has 120 valence electrons. The first kappa shape index (κ1) is 18.6. The van der Waals surface area contributed by atoms with Gasteiger partial charge in [0.1, 0.15) is 10.0 Å². The molecule has 1 heterocycles. The van der Waals surface area contributed by atoms with E-state index in [4.69, 9.17) is 0 Å². The van der Waals surface area contributed by atoms with Crippen molar-refractivity contribution in [2.45, 2.75) is 59.5 Å². The Hall–Kier alpha value is -0.440. The standard InChI is InChI=1S/C14H25N5S.HI/c1-6-15-13(17-10-7-14(10,4)5)16-8-11-18-19-12(20-11)9(2)3;/h9-10H,6-8H2,1-5H3,(H2,15,16,17);1H. The van der Waals surface area contributed by atoms with E-state index in [1.54, 1.807) is 11.3 Å². The average molecular weight is 423 g/mol. The molecule has 0 spiro atoms. The monoisotopic (exact) mass is 423 g/mol. The number of guanidine groups is 1. The summed E-state index contributed by atoms with van der Waals surface area (Å²) in [6, 6.07) is 0.529. The van der Waals surface area contributed by atoms with E-state index in [2.05, 4.69) is 60.4 Å². The van der Waals surface area contributed by atoms with Crippen molar-refractivity contribution in [1.82, 2.24) is 20.8 Å². The molecule has 0 saturated heterocycles. The SMILES string of the molecule is CCNC(=NCc1nnc(C(C)C)s1)NC1CC1(C)C.I. The molecule has 1 saturated carbocycles. The van der Waals surface area contributed by atoms with Crippen molar-refractivity contribution < 1.29 is 0 Å². The number of hydrogen-bond acceptors (Lipinski definition) is 4. The van der Waals surface area contributed by atoms with Crippen LogP contribution in [-0.2, 0) is 6.54 Å². The quantitative estimate of drug-likeness (QED) is 0.434. The van der Waals surface area contributed by atoms with Crippen LogP contribution in [0.25, 0.3) is 0 Å². The summed E-state index contributed by atoms with van der Waals surface area (Å²) < 4.78 is 0. The Morgan fingerprint density at radius 3 is 2.57 bits per heavy atom. The first-order valence-corrected chi connectivity index (χ1v) is 8.11. The van der Waals surface area contributed by atoms with Crippen LogP contribution in [-0.4, -0.2) is 28.7 Å². The van der Waals surface area contributed by atoms with Crippen molar-refractivity contribution in [3.05, 3.63) is 10.0 Å². The third kappa shape index (κ3) is 5.36. The van der Waals surface area contributed by atoms with E-state index in [1.165, 1.54) is 6.42 Å². The van der Waals surface area contributed by atoms with Gasteiger partial charge in [0.25, 0.3) is 0 Å². The number of aromatic nitrogens is 2. The Bertz CT molecular complexity index is 483. The molecule has 1 atom stereocenters. The summed E-state index contributed by atoms with van der Waals surface area (Å²) >= 11 is 1.65. The Labute approximate surface area is 148 Å². The van der Waals surface area contributed by atoms with Gasteiger partial charge >= 0.3 is 0 Å². The molecular weight excluding hydrogens is 397 g/mol. The number of nitrogens with zero attached hydrogens (tertiary/aromatic N) is 3. The summed E-state index contributed by atoms with van der Waals surface area (Å²) in [5.74, 6) is 1.31. The summed E-state index contributed by atoms with van der Waals surface area (Å²) in [4.78, 5) is 4.60. The van der Waals surface area contributed by atoms with Gasteiger partial charge < -0.3 is 10.6 Å². The van der Waals surface area contributed by atoms with Crippen molar-refractivity contribution in [2.75, 3.05) is 6.54 Å². The molecule has 21 heavy (non-hydrogen) atoms. The highest BCUT2D eigenvalue weighted by molar-refractivity contribution is 14.0. The van der Waals surface area contributed by atoms with Gasteiger partial charge in [-0.2, -0.15) is 0 Å². The van der Waals surface area contributed by atoms with Gasteiger partial charge in [-0.15, -0.1) is 34.2 Å². The van der Waals surface area contributed by atoms with Gasteiger partial charge in [-0.3, -0.25) is 0 Å². The molecule has 0 bridgehead atoms. The summed E-state index contributed by atoms with van der Waals surface area (Å²) in [5.41, 5.74) is 0.393. The van der Waals surface area contributed by atoms with Gasteiger partial charge in [0.15, 0.2) is 5.96 Å². The van der Waals surface area contributed by atoms with Crippen molar-refractivity contribution >= 4 is 41.3 Å². The van der Waals surface area contributed by atoms with Crippen LogP contribution in [0.2, 0.25) is 0 Å². The van der Waals surface area contributed by atoms with Crippen molar-refractivity contribution in [2.24, 2.45) is 10.4 Å². The van der Waals surface area contributed by atoms with Crippen molar-refractivity contribution in [1.29, 1.82) is 0 Å². The molecule has 0 amide bonds. The van der Waals surface area contributed by atoms with Gasteiger partial charge in [0.05, 0.1) is 6.54 Å². The molecular formula is C14H26IN5S. The Balaban J connectivity index is 0.00000220. The lowest BCUT2D eigenvalue weighted by Gasteiger charge is -2.12. The van der Waals surface area contributed by atoms with E-state index < -0.39 is 0 Å². The topological polar surface area (TPSA) is 62.2 Å². The zero-order chi connectivity index (χ0) is 14.8. The van der Waals surface area contributed by atoms with Crippen LogP contribution in [0.15, 0.2) is 4.99 Å². The first-order valence-electron chi connectivity index (χ1n) is 7.29. The van der Waals surface area contributed by atoms with Crippen LogP contribution in [0, 0.1) is 5.41 Å². The molecule has 1 unspecified atom stereocenters. The second-order valence-corrected chi connectivity index (χ2v) is 7.37. The van der Waals surface area contributed by atoms with Gasteiger partial charge in [-0.1, -0.05) is 39.0 Å². The van der Waals surface area contributed by atoms with Gasteiger partial charge in [0.2, 0.25) is 0 Å². The molecule has 2 N–H and O–H groups in total. The lowest BCUT2D eigenvalue weighted by atomic mass is 10.2. The first-order chi connectivity index (χ1) is 9.42. The number of halogens is 1. The molecule has 0 aromatic carbocycles. The fourth-order valence-corrected chi connectivity index (χ4v) is 2.68. The number of rotatable bonds is 5. The lowest BCUT2D eigenvalue weighted by Crippen LogP contribution is -2.39. The smallest absolute Gasteiger partial charge is 0.191 e. The van der Waals surface area contributed by atoms with Crippen LogP contribution in [0.4, 0.5) is 0 Å². The predicted molar refractivity (Wildman–Crippen MR) is 99.6 cm³/mol. The molecule has 5 nitrogen and oxygen atoms in total. The summed E-state index contributed by atoms with van der Waals surface area (Å²) in [7, 11) is 0. The minimum Gasteiger partial charge on any atom is -0.357 e. The molecule has 2 rings (SSSR count). The normalized spacial score (nSPS) is 20.1. The molecule has 1 fully saturated rings. The molecule has 1 aromatic heterocycles. The van der Waals surface area contributed by atoms with Crippen LogP contribution in [0.1, 0.15) is 57.0 Å². The maximum Gasteiger partial charge on any atom is 0.191 e. The van der Waals surface area contributed by atoms with Gasteiger partial charge in [-0.05, 0) is 18.8 Å². The highest BCUT2D eigenvalue weighted by Gasteiger charge is 2.46. The van der Waals surface area contributed by atoms with E-state index in [0.717, 1.165) is 22.5 Å². The highest BCUT2D eigenvalue weighted by atomic mass is 127. The summed E-state index contributed by atoms with van der Waals surface area (Å²) in [6.07, 6.45) is 1.20. The number of hydrogen-bond donors (Lipinski definition) is 2. The van der Waals surface area contributed by atoms with Gasteiger partial charge in [0, 0.05) is 18.5 Å². The molecule has 1 aliphatic carbocycles. The molecule has 7 heteroatoms. The minimum absolute atomic E-state index is 0. The fraction of sp³-hybridized carbons (Fsp3) is 0.786. The Morgan fingerprint density at radius 1 is 1.43 bits per heavy atom. The third-order valence-electron chi connectivity index (χ3n) is 3.52. The Morgan fingerprint density at radius 2 is 2.10 bits per heavy atom. The summed E-state index contributed by atoms with van der Waals surface area (Å²) in [5, 5.41) is 17.2. The molecule has 1 aliphatic rings. The number of aliphatic imine (C=N–C) groups is 1.